The van der Waals surface area contributed by atoms with E-state index < -0.39 is 0 Å². The first-order valence-corrected chi connectivity index (χ1v) is 8.82. The molecule has 1 saturated heterocycles. The van der Waals surface area contributed by atoms with E-state index in [1.807, 2.05) is 55.8 Å². The molecule has 2 heterocycles. The van der Waals surface area contributed by atoms with Gasteiger partial charge in [0.2, 0.25) is 5.91 Å². The second kappa shape index (κ2) is 7.37. The molecule has 0 saturated carbocycles. The number of hydrogen-bond acceptors (Lipinski definition) is 4. The summed E-state index contributed by atoms with van der Waals surface area (Å²) in [7, 11) is 0. The molecule has 2 N–H and O–H groups in total. The van der Waals surface area contributed by atoms with Gasteiger partial charge in [-0.25, -0.2) is 4.68 Å². The van der Waals surface area contributed by atoms with Crippen molar-refractivity contribution >= 4 is 11.6 Å². The Morgan fingerprint density at radius 2 is 1.88 bits per heavy atom. The molecule has 1 unspecified atom stereocenters. The molecule has 6 heteroatoms. The number of carbonyl (C=O) groups excluding carboxylic acids is 1. The smallest absolute Gasteiger partial charge is 0.241 e. The molecule has 0 aliphatic carbocycles. The molecule has 0 radical (unpaired) electrons. The minimum Gasteiger partial charge on any atom is -0.393 e. The van der Waals surface area contributed by atoms with Gasteiger partial charge >= 0.3 is 0 Å². The van der Waals surface area contributed by atoms with Crippen molar-refractivity contribution in [1.82, 2.24) is 14.7 Å². The highest BCUT2D eigenvalue weighted by atomic mass is 16.3. The van der Waals surface area contributed by atoms with Gasteiger partial charge in [0, 0.05) is 13.1 Å². The number of benzene rings is 1. The summed E-state index contributed by atoms with van der Waals surface area (Å²) in [6, 6.07) is 9.66. The Labute approximate surface area is 148 Å². The van der Waals surface area contributed by atoms with Gasteiger partial charge in [0.25, 0.3) is 0 Å². The SMILES string of the molecule is Cc1nn(-c2ccccc2)c(C)c1NC(=O)C(C)N1CCC(O)CC1. The Balaban J connectivity index is 1.74. The van der Waals surface area contributed by atoms with Crippen LogP contribution in [0.5, 0.6) is 0 Å². The lowest BCUT2D eigenvalue weighted by Gasteiger charge is -2.33. The van der Waals surface area contributed by atoms with Crippen LogP contribution in [0.3, 0.4) is 0 Å². The largest absolute Gasteiger partial charge is 0.393 e. The molecule has 0 bridgehead atoms. The quantitative estimate of drug-likeness (QED) is 0.894. The number of piperidine rings is 1. The maximum Gasteiger partial charge on any atom is 0.241 e. The summed E-state index contributed by atoms with van der Waals surface area (Å²) < 4.78 is 1.85. The lowest BCUT2D eigenvalue weighted by Crippen LogP contribution is -2.47. The Morgan fingerprint density at radius 1 is 1.24 bits per heavy atom. The van der Waals surface area contributed by atoms with E-state index in [4.69, 9.17) is 0 Å². The van der Waals surface area contributed by atoms with E-state index in [0.29, 0.717) is 0 Å². The molecule has 2 aromatic rings. The second-order valence-corrected chi connectivity index (χ2v) is 6.73. The van der Waals surface area contributed by atoms with Crippen molar-refractivity contribution in [3.05, 3.63) is 41.7 Å². The van der Waals surface area contributed by atoms with Gasteiger partial charge in [-0.2, -0.15) is 5.10 Å². The maximum absolute atomic E-state index is 12.7. The zero-order valence-electron chi connectivity index (χ0n) is 15.1. The molecule has 3 rings (SSSR count). The van der Waals surface area contributed by atoms with Gasteiger partial charge in [0.1, 0.15) is 0 Å². The van der Waals surface area contributed by atoms with Gasteiger partial charge < -0.3 is 10.4 Å². The molecule has 0 spiro atoms. The average molecular weight is 342 g/mol. The zero-order chi connectivity index (χ0) is 18.0. The molecule has 1 atom stereocenters. The van der Waals surface area contributed by atoms with E-state index in [1.54, 1.807) is 0 Å². The lowest BCUT2D eigenvalue weighted by atomic mass is 10.1. The third kappa shape index (κ3) is 3.75. The number of nitrogens with zero attached hydrogens (tertiary/aromatic N) is 3. The average Bonchev–Trinajstić information content (AvgIpc) is 2.90. The molecule has 1 aromatic heterocycles. The Morgan fingerprint density at radius 3 is 2.52 bits per heavy atom. The fourth-order valence-corrected chi connectivity index (χ4v) is 3.31. The number of aliphatic hydroxyl groups is 1. The van der Waals surface area contributed by atoms with Crippen LogP contribution < -0.4 is 5.32 Å². The van der Waals surface area contributed by atoms with Crippen molar-refractivity contribution in [2.45, 2.75) is 45.8 Å². The first-order valence-electron chi connectivity index (χ1n) is 8.82. The number of hydrogen-bond donors (Lipinski definition) is 2. The van der Waals surface area contributed by atoms with Crippen molar-refractivity contribution in [3.8, 4) is 5.69 Å². The van der Waals surface area contributed by atoms with Crippen LogP contribution in [0.2, 0.25) is 0 Å². The fourth-order valence-electron chi connectivity index (χ4n) is 3.31. The van der Waals surface area contributed by atoms with Crippen LogP contribution in [0.15, 0.2) is 30.3 Å². The summed E-state index contributed by atoms with van der Waals surface area (Å²) in [6.07, 6.45) is 1.21. The monoisotopic (exact) mass is 342 g/mol. The highest BCUT2D eigenvalue weighted by molar-refractivity contribution is 5.95. The molecule has 1 aliphatic heterocycles. The number of aliphatic hydroxyl groups excluding tert-OH is 1. The highest BCUT2D eigenvalue weighted by Crippen LogP contribution is 2.23. The number of amides is 1. The number of rotatable bonds is 4. The van der Waals surface area contributed by atoms with Crippen molar-refractivity contribution < 1.29 is 9.90 Å². The molecular weight excluding hydrogens is 316 g/mol. The molecular formula is C19H26N4O2. The fraction of sp³-hybridized carbons (Fsp3) is 0.474. The van der Waals surface area contributed by atoms with Gasteiger partial charge in [-0.05, 0) is 45.7 Å². The summed E-state index contributed by atoms with van der Waals surface area (Å²) in [6.45, 7) is 7.28. The number of anilines is 1. The maximum atomic E-state index is 12.7. The van der Waals surface area contributed by atoms with Crippen LogP contribution in [0.1, 0.15) is 31.2 Å². The molecule has 1 aromatic carbocycles. The highest BCUT2D eigenvalue weighted by Gasteiger charge is 2.27. The number of aryl methyl sites for hydroxylation is 1. The normalized spacial score (nSPS) is 17.4. The van der Waals surface area contributed by atoms with Crippen molar-refractivity contribution in [2.75, 3.05) is 18.4 Å². The number of likely N-dealkylation sites (tertiary alicyclic amines) is 1. The standard InChI is InChI=1S/C19H26N4O2/c1-13-18(14(2)23(21-13)16-7-5-4-6-8-16)20-19(25)15(3)22-11-9-17(24)10-12-22/h4-8,15,17,24H,9-12H2,1-3H3,(H,20,25). The summed E-state index contributed by atoms with van der Waals surface area (Å²) in [4.78, 5) is 14.8. The van der Waals surface area contributed by atoms with E-state index in [-0.39, 0.29) is 18.1 Å². The molecule has 1 amide bonds. The van der Waals surface area contributed by atoms with Gasteiger partial charge in [0.15, 0.2) is 0 Å². The van der Waals surface area contributed by atoms with Crippen molar-refractivity contribution in [1.29, 1.82) is 0 Å². The molecule has 25 heavy (non-hydrogen) atoms. The van der Waals surface area contributed by atoms with E-state index >= 15 is 0 Å². The van der Waals surface area contributed by atoms with Crippen LogP contribution in [0.4, 0.5) is 5.69 Å². The van der Waals surface area contributed by atoms with Crippen molar-refractivity contribution in [2.24, 2.45) is 0 Å². The van der Waals surface area contributed by atoms with Crippen LogP contribution >= 0.6 is 0 Å². The van der Waals surface area contributed by atoms with Crippen LogP contribution in [0, 0.1) is 13.8 Å². The first-order chi connectivity index (χ1) is 12.0. The summed E-state index contributed by atoms with van der Waals surface area (Å²) in [5.41, 5.74) is 3.47. The molecule has 1 fully saturated rings. The summed E-state index contributed by atoms with van der Waals surface area (Å²) in [5, 5.41) is 17.2. The molecule has 6 nitrogen and oxygen atoms in total. The number of nitrogens with one attached hydrogen (secondary N) is 1. The number of aromatic nitrogens is 2. The van der Waals surface area contributed by atoms with Gasteiger partial charge in [0.05, 0.1) is 34.9 Å². The minimum atomic E-state index is -0.236. The molecule has 1 aliphatic rings. The molecule has 134 valence electrons. The predicted molar refractivity (Wildman–Crippen MR) is 97.9 cm³/mol. The zero-order valence-corrected chi connectivity index (χ0v) is 15.1. The third-order valence-electron chi connectivity index (χ3n) is 4.97. The first kappa shape index (κ1) is 17.6. The van der Waals surface area contributed by atoms with Crippen LogP contribution in [-0.4, -0.2) is 50.9 Å². The lowest BCUT2D eigenvalue weighted by molar-refractivity contribution is -0.121. The summed E-state index contributed by atoms with van der Waals surface area (Å²) in [5.74, 6) is -0.0322. The van der Waals surface area contributed by atoms with E-state index in [9.17, 15) is 9.90 Å². The second-order valence-electron chi connectivity index (χ2n) is 6.73. The third-order valence-corrected chi connectivity index (χ3v) is 4.97. The van der Waals surface area contributed by atoms with Gasteiger partial charge in [-0.1, -0.05) is 18.2 Å². The van der Waals surface area contributed by atoms with E-state index in [1.165, 1.54) is 0 Å². The van der Waals surface area contributed by atoms with Crippen molar-refractivity contribution in [3.63, 3.8) is 0 Å². The minimum absolute atomic E-state index is 0.0322. The number of para-hydroxylation sites is 1. The Kier molecular flexibility index (Phi) is 5.20. The van der Waals surface area contributed by atoms with E-state index in [0.717, 1.165) is 48.7 Å². The van der Waals surface area contributed by atoms with Gasteiger partial charge in [-0.3, -0.25) is 9.69 Å². The number of carbonyl (C=O) groups is 1. The Hall–Kier alpha value is -2.18. The van der Waals surface area contributed by atoms with Crippen LogP contribution in [-0.2, 0) is 4.79 Å². The Bertz CT molecular complexity index is 733. The topological polar surface area (TPSA) is 70.4 Å². The summed E-state index contributed by atoms with van der Waals surface area (Å²) >= 11 is 0. The van der Waals surface area contributed by atoms with Crippen LogP contribution in [0.25, 0.3) is 5.69 Å². The van der Waals surface area contributed by atoms with Gasteiger partial charge in [-0.15, -0.1) is 0 Å². The van der Waals surface area contributed by atoms with E-state index in [2.05, 4.69) is 15.3 Å². The predicted octanol–water partition coefficient (Wildman–Crippen LogP) is 2.27.